The van der Waals surface area contributed by atoms with Gasteiger partial charge in [-0.15, -0.1) is 34.2 Å². The average molecular weight is 529 g/mol. The molecule has 30 heavy (non-hydrogen) atoms. The lowest BCUT2D eigenvalue weighted by Crippen LogP contribution is -2.38. The molecule has 0 spiro atoms. The van der Waals surface area contributed by atoms with Crippen LogP contribution in [0, 0.1) is 0 Å². The van der Waals surface area contributed by atoms with E-state index in [1.165, 1.54) is 19.3 Å². The molecule has 2 aromatic heterocycles. The Morgan fingerprint density at radius 1 is 1.10 bits per heavy atom. The molecule has 0 aromatic carbocycles. The van der Waals surface area contributed by atoms with E-state index in [4.69, 9.17) is 9.52 Å². The van der Waals surface area contributed by atoms with Crippen LogP contribution in [0.3, 0.4) is 0 Å². The summed E-state index contributed by atoms with van der Waals surface area (Å²) in [5.41, 5.74) is 2.13. The van der Waals surface area contributed by atoms with Crippen molar-refractivity contribution in [2.75, 3.05) is 13.1 Å². The molecule has 0 unspecified atom stereocenters. The predicted octanol–water partition coefficient (Wildman–Crippen LogP) is 3.42. The van der Waals surface area contributed by atoms with Gasteiger partial charge in [-0.2, -0.15) is 0 Å². The van der Waals surface area contributed by atoms with Crippen LogP contribution in [-0.4, -0.2) is 39.0 Å². The summed E-state index contributed by atoms with van der Waals surface area (Å²) in [7, 11) is 0. The molecular formula is C21H36IN7O. The third-order valence-electron chi connectivity index (χ3n) is 5.40. The monoisotopic (exact) mass is 529 g/mol. The van der Waals surface area contributed by atoms with E-state index in [0.29, 0.717) is 6.54 Å². The van der Waals surface area contributed by atoms with Crippen LogP contribution in [0.4, 0.5) is 0 Å². The van der Waals surface area contributed by atoms with Crippen molar-refractivity contribution >= 4 is 29.9 Å². The first-order valence-electron chi connectivity index (χ1n) is 11.2. The van der Waals surface area contributed by atoms with Gasteiger partial charge in [0.05, 0.1) is 12.2 Å². The first-order chi connectivity index (χ1) is 14.3. The van der Waals surface area contributed by atoms with E-state index in [9.17, 15) is 0 Å². The van der Waals surface area contributed by atoms with Crippen molar-refractivity contribution in [2.24, 2.45) is 4.99 Å². The highest BCUT2D eigenvalue weighted by atomic mass is 127. The van der Waals surface area contributed by atoms with Gasteiger partial charge in [0.15, 0.2) is 5.96 Å². The Bertz CT molecular complexity index is 778. The Hall–Kier alpha value is -1.65. The van der Waals surface area contributed by atoms with Crippen LogP contribution in [0.1, 0.15) is 75.1 Å². The smallest absolute Gasteiger partial charge is 0.191 e. The SMILES string of the molecule is CCNC(=NCc1c(CC)noc1CC)NCCCc1nnc2n1CCCCC2.I. The molecule has 0 amide bonds. The summed E-state index contributed by atoms with van der Waals surface area (Å²) in [6, 6.07) is 0. The Balaban J connectivity index is 0.00000320. The van der Waals surface area contributed by atoms with Gasteiger partial charge in [0.1, 0.15) is 17.4 Å². The van der Waals surface area contributed by atoms with Crippen LogP contribution in [-0.2, 0) is 38.8 Å². The number of halogens is 1. The van der Waals surface area contributed by atoms with Gasteiger partial charge in [0.2, 0.25) is 0 Å². The zero-order valence-electron chi connectivity index (χ0n) is 18.5. The number of nitrogens with zero attached hydrogens (tertiary/aromatic N) is 5. The van der Waals surface area contributed by atoms with Crippen molar-refractivity contribution in [1.29, 1.82) is 0 Å². The molecule has 0 bridgehead atoms. The fourth-order valence-electron chi connectivity index (χ4n) is 3.80. The molecular weight excluding hydrogens is 493 g/mol. The molecule has 2 aromatic rings. The van der Waals surface area contributed by atoms with Crippen molar-refractivity contribution in [1.82, 2.24) is 30.6 Å². The second kappa shape index (κ2) is 12.9. The molecule has 0 saturated carbocycles. The van der Waals surface area contributed by atoms with Crippen LogP contribution in [0.5, 0.6) is 0 Å². The minimum Gasteiger partial charge on any atom is -0.361 e. The number of hydrogen-bond acceptors (Lipinski definition) is 5. The maximum atomic E-state index is 5.45. The van der Waals surface area contributed by atoms with Crippen molar-refractivity contribution in [3.63, 3.8) is 0 Å². The standard InChI is InChI=1S/C21H35N7O.HI/c1-4-17-16(18(5-2)29-27-17)15-24-21(22-6-3)23-13-10-12-20-26-25-19-11-8-7-9-14-28(19)20;/h4-15H2,1-3H3,(H2,22,23,24);1H. The van der Waals surface area contributed by atoms with Gasteiger partial charge in [0, 0.05) is 44.5 Å². The Kier molecular flexibility index (Phi) is 10.6. The lowest BCUT2D eigenvalue weighted by atomic mass is 10.1. The van der Waals surface area contributed by atoms with E-state index in [1.54, 1.807) is 0 Å². The van der Waals surface area contributed by atoms with Crippen molar-refractivity contribution in [3.8, 4) is 0 Å². The quantitative estimate of drug-likeness (QED) is 0.224. The Morgan fingerprint density at radius 2 is 1.97 bits per heavy atom. The predicted molar refractivity (Wildman–Crippen MR) is 129 cm³/mol. The van der Waals surface area contributed by atoms with E-state index < -0.39 is 0 Å². The molecule has 0 saturated heterocycles. The zero-order valence-corrected chi connectivity index (χ0v) is 20.9. The topological polar surface area (TPSA) is 93.2 Å². The molecule has 3 heterocycles. The van der Waals surface area contributed by atoms with E-state index in [0.717, 1.165) is 86.4 Å². The molecule has 0 radical (unpaired) electrons. The summed E-state index contributed by atoms with van der Waals surface area (Å²) in [6.07, 6.45) is 8.44. The Labute approximate surface area is 196 Å². The van der Waals surface area contributed by atoms with Crippen molar-refractivity contribution < 1.29 is 4.52 Å². The first kappa shape index (κ1) is 24.6. The summed E-state index contributed by atoms with van der Waals surface area (Å²) >= 11 is 0. The van der Waals surface area contributed by atoms with Crippen molar-refractivity contribution in [2.45, 2.75) is 85.2 Å². The summed E-state index contributed by atoms with van der Waals surface area (Å²) in [4.78, 5) is 4.75. The van der Waals surface area contributed by atoms with Gasteiger partial charge in [-0.3, -0.25) is 0 Å². The molecule has 0 fully saturated rings. The third-order valence-corrected chi connectivity index (χ3v) is 5.40. The maximum Gasteiger partial charge on any atom is 0.191 e. The number of aromatic nitrogens is 4. The van der Waals surface area contributed by atoms with E-state index in [-0.39, 0.29) is 24.0 Å². The number of nitrogens with one attached hydrogen (secondary N) is 2. The summed E-state index contributed by atoms with van der Waals surface area (Å²) in [5, 5.41) is 19.8. The fourth-order valence-corrected chi connectivity index (χ4v) is 3.80. The number of fused-ring (bicyclic) bond motifs is 1. The van der Waals surface area contributed by atoms with Gasteiger partial charge < -0.3 is 19.7 Å². The second-order valence-corrected chi connectivity index (χ2v) is 7.46. The number of hydrogen-bond donors (Lipinski definition) is 2. The number of guanidine groups is 1. The number of rotatable bonds is 9. The van der Waals surface area contributed by atoms with Gasteiger partial charge in [-0.1, -0.05) is 25.4 Å². The Morgan fingerprint density at radius 3 is 2.73 bits per heavy atom. The van der Waals surface area contributed by atoms with Gasteiger partial charge >= 0.3 is 0 Å². The highest BCUT2D eigenvalue weighted by Crippen LogP contribution is 2.17. The summed E-state index contributed by atoms with van der Waals surface area (Å²) in [5.74, 6) is 4.05. The minimum atomic E-state index is 0. The van der Waals surface area contributed by atoms with Crippen molar-refractivity contribution in [3.05, 3.63) is 28.7 Å². The molecule has 0 atom stereocenters. The zero-order chi connectivity index (χ0) is 20.5. The number of aryl methyl sites for hydroxylation is 4. The van der Waals surface area contributed by atoms with Gasteiger partial charge in [-0.25, -0.2) is 4.99 Å². The molecule has 3 rings (SSSR count). The van der Waals surface area contributed by atoms with E-state index in [2.05, 4.69) is 51.3 Å². The highest BCUT2D eigenvalue weighted by molar-refractivity contribution is 14.0. The van der Waals surface area contributed by atoms with Crippen LogP contribution in [0.15, 0.2) is 9.52 Å². The van der Waals surface area contributed by atoms with Gasteiger partial charge in [-0.05, 0) is 32.6 Å². The highest BCUT2D eigenvalue weighted by Gasteiger charge is 2.15. The van der Waals surface area contributed by atoms with Crippen LogP contribution in [0.25, 0.3) is 0 Å². The lowest BCUT2D eigenvalue weighted by Gasteiger charge is -2.12. The lowest BCUT2D eigenvalue weighted by molar-refractivity contribution is 0.380. The molecule has 1 aliphatic heterocycles. The summed E-state index contributed by atoms with van der Waals surface area (Å²) < 4.78 is 7.78. The number of aliphatic imine (C=N–C) groups is 1. The normalized spacial score (nSPS) is 14.0. The first-order valence-corrected chi connectivity index (χ1v) is 11.2. The van der Waals surface area contributed by atoms with Crippen LogP contribution < -0.4 is 10.6 Å². The average Bonchev–Trinajstić information content (AvgIpc) is 3.24. The van der Waals surface area contributed by atoms with Crippen LogP contribution in [0.2, 0.25) is 0 Å². The third kappa shape index (κ3) is 6.42. The van der Waals surface area contributed by atoms with Gasteiger partial charge in [0.25, 0.3) is 0 Å². The van der Waals surface area contributed by atoms with Crippen LogP contribution >= 0.6 is 24.0 Å². The molecule has 168 valence electrons. The maximum absolute atomic E-state index is 5.45. The van der Waals surface area contributed by atoms with E-state index in [1.807, 2.05) is 0 Å². The largest absolute Gasteiger partial charge is 0.361 e. The molecule has 0 aliphatic carbocycles. The summed E-state index contributed by atoms with van der Waals surface area (Å²) in [6.45, 7) is 9.58. The molecule has 9 heteroatoms. The van der Waals surface area contributed by atoms with E-state index >= 15 is 0 Å². The molecule has 1 aliphatic rings. The molecule has 2 N–H and O–H groups in total. The second-order valence-electron chi connectivity index (χ2n) is 7.46. The fraction of sp³-hybridized carbons (Fsp3) is 0.714. The minimum absolute atomic E-state index is 0. The molecule has 8 nitrogen and oxygen atoms in total.